The normalized spacial score (nSPS) is 13.7. The van der Waals surface area contributed by atoms with Crippen LogP contribution in [0.2, 0.25) is 0 Å². The van der Waals surface area contributed by atoms with Crippen LogP contribution in [0.5, 0.6) is 0 Å². The lowest BCUT2D eigenvalue weighted by molar-refractivity contribution is 0.0566. The highest BCUT2D eigenvalue weighted by molar-refractivity contribution is 6.03. The Morgan fingerprint density at radius 2 is 1.66 bits per heavy atom. The summed E-state index contributed by atoms with van der Waals surface area (Å²) in [6.45, 7) is 5.59. The quantitative estimate of drug-likeness (QED) is 0.858. The molecule has 8 heteroatoms. The maximum Gasteiger partial charge on any atom is 0.409 e. The third-order valence-corrected chi connectivity index (χ3v) is 4.57. The monoisotopic (exact) mass is 396 g/mol. The average molecular weight is 396 g/mol. The second-order valence-electron chi connectivity index (χ2n) is 6.71. The predicted octanol–water partition coefficient (Wildman–Crippen LogP) is 2.56. The van der Waals surface area contributed by atoms with E-state index in [0.29, 0.717) is 38.5 Å². The van der Waals surface area contributed by atoms with Crippen LogP contribution >= 0.6 is 0 Å². The van der Waals surface area contributed by atoms with Gasteiger partial charge >= 0.3 is 6.09 Å². The van der Waals surface area contributed by atoms with Crippen LogP contribution in [0.25, 0.3) is 0 Å². The van der Waals surface area contributed by atoms with Crippen LogP contribution in [0, 0.1) is 6.92 Å². The molecule has 0 bridgehead atoms. The molecule has 1 aromatic carbocycles. The molecule has 29 heavy (non-hydrogen) atoms. The van der Waals surface area contributed by atoms with Gasteiger partial charge in [-0.05, 0) is 43.7 Å². The molecule has 1 saturated heterocycles. The van der Waals surface area contributed by atoms with Crippen LogP contribution in [0.4, 0.5) is 10.5 Å². The van der Waals surface area contributed by atoms with Crippen LogP contribution in [-0.2, 0) is 4.74 Å². The van der Waals surface area contributed by atoms with Crippen molar-refractivity contribution in [2.75, 3.05) is 38.1 Å². The van der Waals surface area contributed by atoms with Crippen LogP contribution < -0.4 is 5.32 Å². The molecule has 0 aliphatic carbocycles. The van der Waals surface area contributed by atoms with Crippen LogP contribution in [-0.4, -0.2) is 65.5 Å². The molecule has 3 rings (SSSR count). The van der Waals surface area contributed by atoms with Crippen molar-refractivity contribution in [3.63, 3.8) is 0 Å². The van der Waals surface area contributed by atoms with Crippen molar-refractivity contribution in [3.8, 4) is 0 Å². The summed E-state index contributed by atoms with van der Waals surface area (Å²) < 4.78 is 4.99. The molecule has 0 unspecified atom stereocenters. The lowest BCUT2D eigenvalue weighted by Gasteiger charge is -2.33. The number of carbonyl (C=O) groups excluding carboxylic acids is 3. The number of rotatable bonds is 4. The zero-order chi connectivity index (χ0) is 20.8. The topological polar surface area (TPSA) is 91.8 Å². The number of aryl methyl sites for hydroxylation is 1. The van der Waals surface area contributed by atoms with Gasteiger partial charge < -0.3 is 19.9 Å². The number of pyridine rings is 1. The zero-order valence-corrected chi connectivity index (χ0v) is 16.6. The molecule has 8 nitrogen and oxygen atoms in total. The number of carbonyl (C=O) groups is 3. The number of hydrogen-bond acceptors (Lipinski definition) is 5. The second-order valence-corrected chi connectivity index (χ2v) is 6.71. The number of nitrogens with one attached hydrogen (secondary N) is 1. The average Bonchev–Trinajstić information content (AvgIpc) is 2.73. The molecule has 3 amide bonds. The smallest absolute Gasteiger partial charge is 0.409 e. The molecule has 2 heterocycles. The Morgan fingerprint density at radius 3 is 2.34 bits per heavy atom. The van der Waals surface area contributed by atoms with E-state index < -0.39 is 0 Å². The van der Waals surface area contributed by atoms with E-state index in [4.69, 9.17) is 4.74 Å². The van der Waals surface area contributed by atoms with E-state index in [0.717, 1.165) is 5.56 Å². The molecular formula is C21H24N4O4. The van der Waals surface area contributed by atoms with Crippen molar-refractivity contribution in [1.82, 2.24) is 14.8 Å². The van der Waals surface area contributed by atoms with Gasteiger partial charge in [-0.1, -0.05) is 18.2 Å². The fraction of sp³-hybridized carbons (Fsp3) is 0.333. The molecule has 0 radical (unpaired) electrons. The molecule has 2 aromatic rings. The summed E-state index contributed by atoms with van der Waals surface area (Å²) in [7, 11) is 0. The van der Waals surface area contributed by atoms with Crippen molar-refractivity contribution < 1.29 is 19.1 Å². The first-order valence-corrected chi connectivity index (χ1v) is 9.54. The SMILES string of the molecule is CCOC(=O)N1CCN(C(=O)c2cccc(C(=O)Nc3cccc(C)c3)n2)CC1. The molecule has 1 aromatic heterocycles. The molecule has 1 N–H and O–H groups in total. The highest BCUT2D eigenvalue weighted by Crippen LogP contribution is 2.13. The number of aromatic nitrogens is 1. The lowest BCUT2D eigenvalue weighted by atomic mass is 10.2. The summed E-state index contributed by atoms with van der Waals surface area (Å²) >= 11 is 0. The number of piperazine rings is 1. The van der Waals surface area contributed by atoms with Gasteiger partial charge in [0.15, 0.2) is 0 Å². The van der Waals surface area contributed by atoms with E-state index in [2.05, 4.69) is 10.3 Å². The van der Waals surface area contributed by atoms with Crippen LogP contribution in [0.1, 0.15) is 33.5 Å². The Bertz CT molecular complexity index is 907. The summed E-state index contributed by atoms with van der Waals surface area (Å²) in [5, 5.41) is 2.79. The number of anilines is 1. The molecular weight excluding hydrogens is 372 g/mol. The van der Waals surface area contributed by atoms with Gasteiger partial charge in [0, 0.05) is 31.9 Å². The first-order valence-electron chi connectivity index (χ1n) is 9.54. The van der Waals surface area contributed by atoms with Crippen LogP contribution in [0.3, 0.4) is 0 Å². The summed E-state index contributed by atoms with van der Waals surface area (Å²) in [5.74, 6) is -0.643. The van der Waals surface area contributed by atoms with Gasteiger partial charge in [-0.15, -0.1) is 0 Å². The predicted molar refractivity (Wildman–Crippen MR) is 108 cm³/mol. The van der Waals surface area contributed by atoms with Crippen molar-refractivity contribution in [1.29, 1.82) is 0 Å². The van der Waals surface area contributed by atoms with Gasteiger partial charge in [-0.2, -0.15) is 0 Å². The zero-order valence-electron chi connectivity index (χ0n) is 16.6. The van der Waals surface area contributed by atoms with Crippen molar-refractivity contribution >= 4 is 23.6 Å². The molecule has 1 fully saturated rings. The first kappa shape index (κ1) is 20.3. The van der Waals surface area contributed by atoms with E-state index in [9.17, 15) is 14.4 Å². The Kier molecular flexibility index (Phi) is 6.43. The van der Waals surface area contributed by atoms with Crippen molar-refractivity contribution in [2.24, 2.45) is 0 Å². The van der Waals surface area contributed by atoms with Gasteiger partial charge in [0.05, 0.1) is 6.61 Å². The third kappa shape index (κ3) is 5.10. The molecule has 0 spiro atoms. The number of ether oxygens (including phenoxy) is 1. The number of benzene rings is 1. The largest absolute Gasteiger partial charge is 0.450 e. The Labute approximate surface area is 169 Å². The highest BCUT2D eigenvalue weighted by Gasteiger charge is 2.26. The maximum absolute atomic E-state index is 12.8. The minimum Gasteiger partial charge on any atom is -0.450 e. The molecule has 0 saturated carbocycles. The van der Waals surface area contributed by atoms with E-state index >= 15 is 0 Å². The number of amides is 3. The van der Waals surface area contributed by atoms with Gasteiger partial charge in [0.2, 0.25) is 0 Å². The third-order valence-electron chi connectivity index (χ3n) is 4.57. The van der Waals surface area contributed by atoms with Crippen LogP contribution in [0.15, 0.2) is 42.5 Å². The summed E-state index contributed by atoms with van der Waals surface area (Å²) in [4.78, 5) is 44.5. The van der Waals surface area contributed by atoms with Gasteiger partial charge in [-0.3, -0.25) is 9.59 Å². The number of nitrogens with zero attached hydrogens (tertiary/aromatic N) is 3. The summed E-state index contributed by atoms with van der Waals surface area (Å²) in [6.07, 6.45) is -0.368. The minimum absolute atomic E-state index is 0.169. The standard InChI is InChI=1S/C21H24N4O4/c1-3-29-21(28)25-12-10-24(11-13-25)20(27)18-9-5-8-17(23-18)19(26)22-16-7-4-6-15(2)14-16/h4-9,14H,3,10-13H2,1-2H3,(H,22,26). The Morgan fingerprint density at radius 1 is 1.00 bits per heavy atom. The fourth-order valence-corrected chi connectivity index (χ4v) is 3.07. The van der Waals surface area contributed by atoms with E-state index in [-0.39, 0.29) is 29.3 Å². The number of hydrogen-bond donors (Lipinski definition) is 1. The van der Waals surface area contributed by atoms with Gasteiger partial charge in [-0.25, -0.2) is 9.78 Å². The highest BCUT2D eigenvalue weighted by atomic mass is 16.6. The van der Waals surface area contributed by atoms with Crippen molar-refractivity contribution in [3.05, 3.63) is 59.4 Å². The van der Waals surface area contributed by atoms with E-state index in [1.165, 1.54) is 0 Å². The van der Waals surface area contributed by atoms with Gasteiger partial charge in [0.1, 0.15) is 11.4 Å². The molecule has 0 atom stereocenters. The molecule has 1 aliphatic heterocycles. The maximum atomic E-state index is 12.8. The Balaban J connectivity index is 1.64. The van der Waals surface area contributed by atoms with E-state index in [1.807, 2.05) is 25.1 Å². The Hall–Kier alpha value is -3.42. The first-order chi connectivity index (χ1) is 14.0. The molecule has 1 aliphatic rings. The summed E-state index contributed by atoms with van der Waals surface area (Å²) in [6, 6.07) is 12.2. The molecule has 152 valence electrons. The lowest BCUT2D eigenvalue weighted by Crippen LogP contribution is -2.50. The summed E-state index contributed by atoms with van der Waals surface area (Å²) in [5.41, 5.74) is 2.07. The fourth-order valence-electron chi connectivity index (χ4n) is 3.07. The second kappa shape index (κ2) is 9.18. The van der Waals surface area contributed by atoms with E-state index in [1.54, 1.807) is 41.0 Å². The minimum atomic E-state index is -0.377. The van der Waals surface area contributed by atoms with Gasteiger partial charge in [0.25, 0.3) is 11.8 Å². The van der Waals surface area contributed by atoms with Crippen molar-refractivity contribution in [2.45, 2.75) is 13.8 Å².